The van der Waals surface area contributed by atoms with Crippen molar-refractivity contribution in [2.45, 2.75) is 30.7 Å². The van der Waals surface area contributed by atoms with E-state index in [1.54, 1.807) is 19.1 Å². The Balaban J connectivity index is 1.77. The van der Waals surface area contributed by atoms with Crippen molar-refractivity contribution in [3.63, 3.8) is 0 Å². The lowest BCUT2D eigenvalue weighted by molar-refractivity contribution is 0.0730. The van der Waals surface area contributed by atoms with Gasteiger partial charge in [0.2, 0.25) is 10.0 Å². The number of ether oxygens (including phenoxy) is 1. The van der Waals surface area contributed by atoms with Gasteiger partial charge in [-0.05, 0) is 57.6 Å². The minimum atomic E-state index is -3.62. The molecule has 1 aromatic rings. The highest BCUT2D eigenvalue weighted by atomic mass is 32.2. The van der Waals surface area contributed by atoms with Crippen molar-refractivity contribution < 1.29 is 17.9 Å². The molecule has 2 aliphatic heterocycles. The molecular weight excluding hydrogens is 354 g/mol. The van der Waals surface area contributed by atoms with Crippen molar-refractivity contribution in [2.24, 2.45) is 0 Å². The number of carbonyl (C=O) groups excluding carboxylic acids is 1. The van der Waals surface area contributed by atoms with E-state index in [0.29, 0.717) is 37.4 Å². The van der Waals surface area contributed by atoms with Crippen LogP contribution in [0.3, 0.4) is 0 Å². The lowest BCUT2D eigenvalue weighted by Crippen LogP contribution is -2.43. The number of likely N-dealkylation sites (tertiary alicyclic amines) is 1. The summed E-state index contributed by atoms with van der Waals surface area (Å²) >= 11 is 0. The van der Waals surface area contributed by atoms with Gasteiger partial charge in [-0.15, -0.1) is 0 Å². The maximum atomic E-state index is 12.9. The van der Waals surface area contributed by atoms with Crippen LogP contribution in [0.1, 0.15) is 28.8 Å². The molecule has 1 aromatic carbocycles. The molecule has 144 valence electrons. The summed E-state index contributed by atoms with van der Waals surface area (Å²) in [5.41, 5.74) is 1.04. The molecule has 0 atom stereocenters. The zero-order valence-corrected chi connectivity index (χ0v) is 16.2. The second kappa shape index (κ2) is 8.04. The van der Waals surface area contributed by atoms with Crippen LogP contribution in [0.25, 0.3) is 0 Å². The fourth-order valence-corrected chi connectivity index (χ4v) is 5.03. The van der Waals surface area contributed by atoms with E-state index in [1.807, 2.05) is 0 Å². The number of aryl methyl sites for hydroxylation is 1. The molecule has 1 amide bonds. The normalized spacial score (nSPS) is 20.8. The van der Waals surface area contributed by atoms with Gasteiger partial charge >= 0.3 is 0 Å². The number of rotatable bonds is 4. The number of sulfonamides is 1. The second-order valence-electron chi connectivity index (χ2n) is 7.05. The number of nitrogens with one attached hydrogen (secondary N) is 1. The van der Waals surface area contributed by atoms with Gasteiger partial charge < -0.3 is 15.0 Å². The van der Waals surface area contributed by atoms with E-state index in [-0.39, 0.29) is 16.8 Å². The summed E-state index contributed by atoms with van der Waals surface area (Å²) in [6.07, 6.45) is 1.82. The average molecular weight is 381 g/mol. The smallest absolute Gasteiger partial charge is 0.251 e. The van der Waals surface area contributed by atoms with E-state index in [9.17, 15) is 13.2 Å². The van der Waals surface area contributed by atoms with Gasteiger partial charge in [-0.25, -0.2) is 8.42 Å². The Labute approximate surface area is 155 Å². The number of hydrogen-bond acceptors (Lipinski definition) is 5. The van der Waals surface area contributed by atoms with E-state index in [2.05, 4.69) is 17.3 Å². The third-order valence-corrected chi connectivity index (χ3v) is 7.13. The van der Waals surface area contributed by atoms with Crippen molar-refractivity contribution in [2.75, 3.05) is 46.4 Å². The summed E-state index contributed by atoms with van der Waals surface area (Å²) in [4.78, 5) is 15.0. The van der Waals surface area contributed by atoms with Crippen LogP contribution in [0.2, 0.25) is 0 Å². The summed E-state index contributed by atoms with van der Waals surface area (Å²) in [6.45, 7) is 5.14. The molecule has 8 heteroatoms. The first kappa shape index (κ1) is 19.3. The second-order valence-corrected chi connectivity index (χ2v) is 8.95. The Morgan fingerprint density at radius 1 is 1.15 bits per heavy atom. The molecule has 0 aliphatic carbocycles. The van der Waals surface area contributed by atoms with Crippen LogP contribution in [-0.2, 0) is 14.8 Å². The quantitative estimate of drug-likeness (QED) is 0.836. The molecule has 2 fully saturated rings. The van der Waals surface area contributed by atoms with Crippen LogP contribution < -0.4 is 5.32 Å². The Bertz CT molecular complexity index is 752. The topological polar surface area (TPSA) is 79.0 Å². The Morgan fingerprint density at radius 2 is 1.81 bits per heavy atom. The lowest BCUT2D eigenvalue weighted by atomic mass is 10.0. The van der Waals surface area contributed by atoms with E-state index in [4.69, 9.17) is 4.74 Å². The third-order valence-electron chi connectivity index (χ3n) is 5.09. The van der Waals surface area contributed by atoms with Gasteiger partial charge in [0, 0.05) is 24.7 Å². The molecule has 0 unspecified atom stereocenters. The maximum Gasteiger partial charge on any atom is 0.251 e. The first-order valence-corrected chi connectivity index (χ1v) is 10.5. The summed E-state index contributed by atoms with van der Waals surface area (Å²) in [6, 6.07) is 5.04. The van der Waals surface area contributed by atoms with Crippen LogP contribution in [0, 0.1) is 6.92 Å². The predicted molar refractivity (Wildman–Crippen MR) is 98.7 cm³/mol. The molecule has 0 aromatic heterocycles. The van der Waals surface area contributed by atoms with Crippen molar-refractivity contribution in [1.29, 1.82) is 0 Å². The van der Waals surface area contributed by atoms with Crippen molar-refractivity contribution in [1.82, 2.24) is 14.5 Å². The van der Waals surface area contributed by atoms with Gasteiger partial charge in [0.15, 0.2) is 0 Å². The fourth-order valence-electron chi connectivity index (χ4n) is 3.37. The van der Waals surface area contributed by atoms with Crippen molar-refractivity contribution >= 4 is 15.9 Å². The summed E-state index contributed by atoms with van der Waals surface area (Å²) in [5, 5.41) is 3.04. The molecule has 26 heavy (non-hydrogen) atoms. The molecule has 2 aliphatic rings. The van der Waals surface area contributed by atoms with Crippen LogP contribution >= 0.6 is 0 Å². The average Bonchev–Trinajstić information content (AvgIpc) is 2.64. The van der Waals surface area contributed by atoms with Crippen molar-refractivity contribution in [3.05, 3.63) is 29.3 Å². The first-order chi connectivity index (χ1) is 12.4. The number of nitrogens with zero attached hydrogens (tertiary/aromatic N) is 2. The largest absolute Gasteiger partial charge is 0.379 e. The van der Waals surface area contributed by atoms with E-state index >= 15 is 0 Å². The van der Waals surface area contributed by atoms with Crippen LogP contribution in [-0.4, -0.2) is 76.0 Å². The molecule has 0 radical (unpaired) electrons. The highest BCUT2D eigenvalue weighted by Gasteiger charge is 2.28. The van der Waals surface area contributed by atoms with E-state index in [1.165, 1.54) is 10.4 Å². The summed E-state index contributed by atoms with van der Waals surface area (Å²) < 4.78 is 32.6. The third kappa shape index (κ3) is 4.25. The Hall–Kier alpha value is -1.48. The van der Waals surface area contributed by atoms with Crippen LogP contribution in [0.15, 0.2) is 23.1 Å². The molecule has 2 saturated heterocycles. The Morgan fingerprint density at radius 3 is 2.46 bits per heavy atom. The van der Waals surface area contributed by atoms with E-state index in [0.717, 1.165) is 25.9 Å². The fraction of sp³-hybridized carbons (Fsp3) is 0.611. The van der Waals surface area contributed by atoms with Gasteiger partial charge in [-0.1, -0.05) is 6.07 Å². The molecule has 2 heterocycles. The highest BCUT2D eigenvalue weighted by Crippen LogP contribution is 2.22. The minimum Gasteiger partial charge on any atom is -0.379 e. The molecule has 0 bridgehead atoms. The summed E-state index contributed by atoms with van der Waals surface area (Å²) in [7, 11) is -1.55. The van der Waals surface area contributed by atoms with Gasteiger partial charge in [-0.3, -0.25) is 4.79 Å². The summed E-state index contributed by atoms with van der Waals surface area (Å²) in [5.74, 6) is -0.210. The number of benzene rings is 1. The number of piperidine rings is 1. The number of carbonyl (C=O) groups is 1. The minimum absolute atomic E-state index is 0.138. The first-order valence-electron chi connectivity index (χ1n) is 9.06. The standard InChI is InChI=1S/C18H27N3O4S/c1-14-3-4-15(18(22)19-16-5-7-20(2)8-6-16)13-17(14)26(23,24)21-9-11-25-12-10-21/h3-4,13,16H,5-12H2,1-2H3,(H,19,22). The number of morpholine rings is 1. The van der Waals surface area contributed by atoms with E-state index < -0.39 is 10.0 Å². The number of hydrogen-bond donors (Lipinski definition) is 1. The van der Waals surface area contributed by atoms with Gasteiger partial charge in [0.05, 0.1) is 18.1 Å². The maximum absolute atomic E-state index is 12.9. The molecular formula is C18H27N3O4S. The Kier molecular flexibility index (Phi) is 5.96. The lowest BCUT2D eigenvalue weighted by Gasteiger charge is -2.29. The van der Waals surface area contributed by atoms with Crippen LogP contribution in [0.5, 0.6) is 0 Å². The SMILES string of the molecule is Cc1ccc(C(=O)NC2CCN(C)CC2)cc1S(=O)(=O)N1CCOCC1. The highest BCUT2D eigenvalue weighted by molar-refractivity contribution is 7.89. The zero-order chi connectivity index (χ0) is 18.7. The predicted octanol–water partition coefficient (Wildman–Crippen LogP) is 0.840. The molecule has 0 saturated carbocycles. The molecule has 3 rings (SSSR count). The zero-order valence-electron chi connectivity index (χ0n) is 15.4. The monoisotopic (exact) mass is 381 g/mol. The molecule has 0 spiro atoms. The van der Waals surface area contributed by atoms with Gasteiger partial charge in [0.25, 0.3) is 5.91 Å². The number of amides is 1. The van der Waals surface area contributed by atoms with Gasteiger partial charge in [-0.2, -0.15) is 4.31 Å². The molecule has 1 N–H and O–H groups in total. The molecule has 7 nitrogen and oxygen atoms in total. The van der Waals surface area contributed by atoms with Gasteiger partial charge in [0.1, 0.15) is 0 Å². The van der Waals surface area contributed by atoms with Crippen LogP contribution in [0.4, 0.5) is 0 Å². The van der Waals surface area contributed by atoms with Crippen molar-refractivity contribution in [3.8, 4) is 0 Å².